The van der Waals surface area contributed by atoms with Crippen LogP contribution >= 0.6 is 0 Å². The number of carbonyl (C=O) groups excluding carboxylic acids is 2. The van der Waals surface area contributed by atoms with Gasteiger partial charge in [0.25, 0.3) is 11.9 Å². The van der Waals surface area contributed by atoms with Gasteiger partial charge in [-0.3, -0.25) is 14.9 Å². The number of nitrogens with zero attached hydrogens (tertiary/aromatic N) is 3. The molecule has 0 saturated heterocycles. The number of carbonyl (C=O) groups is 2. The van der Waals surface area contributed by atoms with Crippen LogP contribution in [-0.2, 0) is 17.8 Å². The van der Waals surface area contributed by atoms with Crippen LogP contribution in [0.25, 0.3) is 0 Å². The van der Waals surface area contributed by atoms with Crippen molar-refractivity contribution >= 4 is 23.5 Å². The van der Waals surface area contributed by atoms with Gasteiger partial charge in [0.1, 0.15) is 5.75 Å². The van der Waals surface area contributed by atoms with E-state index in [0.29, 0.717) is 22.7 Å². The molecule has 220 valence electrons. The van der Waals surface area contributed by atoms with Crippen LogP contribution in [0.3, 0.4) is 0 Å². The topological polar surface area (TPSA) is 133 Å². The Balaban J connectivity index is 1.56. The minimum atomic E-state index is -4.84. The number of rotatable bonds is 8. The normalized spacial score (nSPS) is 14.2. The van der Waals surface area contributed by atoms with E-state index in [0.717, 1.165) is 12.8 Å². The summed E-state index contributed by atoms with van der Waals surface area (Å²) in [5, 5.41) is 8.51. The predicted molar refractivity (Wildman–Crippen MR) is 151 cm³/mol. The molecule has 3 aromatic carbocycles. The molecule has 4 rings (SSSR count). The first-order valence-corrected chi connectivity index (χ1v) is 13.5. The number of anilines is 1. The van der Waals surface area contributed by atoms with Gasteiger partial charge in [-0.2, -0.15) is 0 Å². The number of hydrazone groups is 1. The van der Waals surface area contributed by atoms with Crippen molar-refractivity contribution < 1.29 is 27.5 Å². The van der Waals surface area contributed by atoms with E-state index in [1.54, 1.807) is 35.2 Å². The van der Waals surface area contributed by atoms with Gasteiger partial charge in [0, 0.05) is 11.3 Å². The molecule has 1 aliphatic carbocycles. The van der Waals surface area contributed by atoms with Crippen LogP contribution in [0.2, 0.25) is 0 Å². The number of alkyl halides is 3. The summed E-state index contributed by atoms with van der Waals surface area (Å²) in [6, 6.07) is 19.7. The van der Waals surface area contributed by atoms with Crippen LogP contribution in [-0.4, -0.2) is 24.1 Å². The number of amides is 2. The van der Waals surface area contributed by atoms with Crippen molar-refractivity contribution in [1.82, 2.24) is 5.32 Å². The van der Waals surface area contributed by atoms with Crippen LogP contribution in [0.15, 0.2) is 83.0 Å². The number of halogens is 3. The molecule has 1 saturated carbocycles. The highest BCUT2D eigenvalue weighted by Gasteiger charge is 2.31. The van der Waals surface area contributed by atoms with Crippen LogP contribution < -0.4 is 20.8 Å². The fourth-order valence-corrected chi connectivity index (χ4v) is 5.02. The lowest BCUT2D eigenvalue weighted by Gasteiger charge is -2.26. The van der Waals surface area contributed by atoms with Gasteiger partial charge in [-0.15, -0.1) is 23.4 Å². The minimum absolute atomic E-state index is 0.153. The summed E-state index contributed by atoms with van der Waals surface area (Å²) in [5.41, 5.74) is 10.2. The van der Waals surface area contributed by atoms with E-state index in [1.807, 2.05) is 24.3 Å². The number of guanidine groups is 1. The maximum absolute atomic E-state index is 13.6. The molecule has 1 aliphatic rings. The smallest absolute Gasteiger partial charge is 0.406 e. The molecule has 0 aliphatic heterocycles. The number of benzene rings is 3. The molecule has 3 aromatic rings. The molecule has 2 amide bonds. The first-order valence-electron chi connectivity index (χ1n) is 13.5. The molecule has 0 radical (unpaired) electrons. The molecule has 0 bridgehead atoms. The van der Waals surface area contributed by atoms with Crippen molar-refractivity contribution in [2.75, 3.05) is 4.90 Å². The fraction of sp³-hybridized carbons (Fsp3) is 0.300. The quantitative estimate of drug-likeness (QED) is 0.0935. The van der Waals surface area contributed by atoms with Gasteiger partial charge in [-0.1, -0.05) is 55.7 Å². The number of hydrogen-bond acceptors (Lipinski definition) is 6. The van der Waals surface area contributed by atoms with Crippen LogP contribution in [0.1, 0.15) is 65.1 Å². The Bertz CT molecular complexity index is 1420. The van der Waals surface area contributed by atoms with E-state index in [4.69, 9.17) is 11.4 Å². The highest BCUT2D eigenvalue weighted by atomic mass is 19.4. The van der Waals surface area contributed by atoms with Gasteiger partial charge in [0.2, 0.25) is 5.91 Å². The maximum Gasteiger partial charge on any atom is 0.573 e. The van der Waals surface area contributed by atoms with Crippen LogP contribution in [0.4, 0.5) is 18.9 Å². The second-order valence-corrected chi connectivity index (χ2v) is 9.99. The van der Waals surface area contributed by atoms with Crippen molar-refractivity contribution in [3.05, 3.63) is 95.1 Å². The first-order chi connectivity index (χ1) is 20.1. The van der Waals surface area contributed by atoms with E-state index < -0.39 is 18.0 Å². The van der Waals surface area contributed by atoms with Crippen molar-refractivity contribution in [2.45, 2.75) is 57.3 Å². The lowest BCUT2D eigenvalue weighted by Crippen LogP contribution is -2.32. The third-order valence-corrected chi connectivity index (χ3v) is 7.08. The molecule has 0 atom stereocenters. The lowest BCUT2D eigenvalue weighted by molar-refractivity contribution is -0.274. The molecular weight excluding hydrogens is 549 g/mol. The zero-order valence-electron chi connectivity index (χ0n) is 22.7. The highest BCUT2D eigenvalue weighted by Crippen LogP contribution is 2.34. The largest absolute Gasteiger partial charge is 0.573 e. The fourth-order valence-electron chi connectivity index (χ4n) is 5.02. The number of nitrogens with one attached hydrogen (secondary N) is 2. The third-order valence-electron chi connectivity index (χ3n) is 7.08. The lowest BCUT2D eigenvalue weighted by atomic mass is 9.84. The Hall–Kier alpha value is -4.74. The van der Waals surface area contributed by atoms with E-state index >= 15 is 0 Å². The molecule has 0 spiro atoms. The van der Waals surface area contributed by atoms with E-state index in [9.17, 15) is 22.8 Å². The average molecular weight is 581 g/mol. The van der Waals surface area contributed by atoms with E-state index in [-0.39, 0.29) is 30.4 Å². The van der Waals surface area contributed by atoms with Crippen molar-refractivity contribution in [3.63, 3.8) is 0 Å². The Kier molecular flexibility index (Phi) is 9.89. The molecule has 1 fully saturated rings. The van der Waals surface area contributed by atoms with Crippen molar-refractivity contribution in [3.8, 4) is 5.75 Å². The SMILES string of the molecule is N=N/C(=N\N)NC(=O)c1ccc(CN(C(=O)Cc2cccc(OC(F)(F)F)c2)c2ccc(C3CCCCC3)cc2)cc1. The van der Waals surface area contributed by atoms with Gasteiger partial charge in [-0.05, 0) is 71.8 Å². The summed E-state index contributed by atoms with van der Waals surface area (Å²) in [6.45, 7) is 0.153. The number of nitrogens with two attached hydrogens (primary N) is 1. The van der Waals surface area contributed by atoms with E-state index in [2.05, 4.69) is 20.3 Å². The maximum atomic E-state index is 13.6. The molecule has 4 N–H and O–H groups in total. The van der Waals surface area contributed by atoms with Crippen molar-refractivity contribution in [1.29, 1.82) is 5.53 Å². The Morgan fingerprint density at radius 3 is 2.29 bits per heavy atom. The molecule has 0 aromatic heterocycles. The first kappa shape index (κ1) is 30.2. The Morgan fingerprint density at radius 1 is 0.976 bits per heavy atom. The Morgan fingerprint density at radius 2 is 1.67 bits per heavy atom. The van der Waals surface area contributed by atoms with Crippen LogP contribution in [0, 0.1) is 5.53 Å². The van der Waals surface area contributed by atoms with Gasteiger partial charge in [-0.25, -0.2) is 5.53 Å². The Labute approximate surface area is 241 Å². The second kappa shape index (κ2) is 13.7. The summed E-state index contributed by atoms with van der Waals surface area (Å²) in [7, 11) is 0. The zero-order valence-corrected chi connectivity index (χ0v) is 22.7. The minimum Gasteiger partial charge on any atom is -0.406 e. The van der Waals surface area contributed by atoms with Gasteiger partial charge < -0.3 is 15.5 Å². The summed E-state index contributed by atoms with van der Waals surface area (Å²) < 4.78 is 42.2. The van der Waals surface area contributed by atoms with Gasteiger partial charge in [0.15, 0.2) is 0 Å². The molecule has 0 heterocycles. The summed E-state index contributed by atoms with van der Waals surface area (Å²) in [4.78, 5) is 27.6. The molecule has 9 nitrogen and oxygen atoms in total. The zero-order chi connectivity index (χ0) is 30.1. The molecule has 0 unspecified atom stereocenters. The van der Waals surface area contributed by atoms with Gasteiger partial charge >= 0.3 is 6.36 Å². The molecule has 42 heavy (non-hydrogen) atoms. The summed E-state index contributed by atoms with van der Waals surface area (Å²) in [5.74, 6) is 3.94. The molecule has 12 heteroatoms. The summed E-state index contributed by atoms with van der Waals surface area (Å²) >= 11 is 0. The summed E-state index contributed by atoms with van der Waals surface area (Å²) in [6.07, 6.45) is 0.901. The number of ether oxygens (including phenoxy) is 1. The van der Waals surface area contributed by atoms with Crippen LogP contribution in [0.5, 0.6) is 5.75 Å². The van der Waals surface area contributed by atoms with Gasteiger partial charge in [0.05, 0.1) is 13.0 Å². The second-order valence-electron chi connectivity index (χ2n) is 9.99. The van der Waals surface area contributed by atoms with Crippen molar-refractivity contribution in [2.24, 2.45) is 16.1 Å². The molecular formula is C30H31F3N6O3. The highest BCUT2D eigenvalue weighted by molar-refractivity contribution is 6.05. The predicted octanol–water partition coefficient (Wildman–Crippen LogP) is 6.40. The standard InChI is InChI=1S/C30H31F3N6O3/c31-30(32,33)42-26-8-4-5-21(17-26)18-27(40)39(25-15-13-23(14-16-25)22-6-2-1-3-7-22)19-20-9-11-24(12-10-20)28(41)36-29(37-34)38-35/h4-5,8-17,22,34H,1-3,6-7,18-19,35H2,(H,36,38,41). The third kappa shape index (κ3) is 8.38. The monoisotopic (exact) mass is 580 g/mol. The average Bonchev–Trinajstić information content (AvgIpc) is 2.98. The number of hydrogen-bond donors (Lipinski definition) is 3. The van der Waals surface area contributed by atoms with E-state index in [1.165, 1.54) is 43.0 Å².